The summed E-state index contributed by atoms with van der Waals surface area (Å²) < 4.78 is 30.0. The Hall–Kier alpha value is -6.11. The van der Waals surface area contributed by atoms with E-state index >= 15 is 0 Å². The molecule has 6 aromatic rings. The summed E-state index contributed by atoms with van der Waals surface area (Å²) in [5.74, 6) is -0.710. The van der Waals surface area contributed by atoms with E-state index < -0.39 is 54.2 Å². The largest absolute Gasteiger partial charge is 0.504 e. The lowest BCUT2D eigenvalue weighted by Gasteiger charge is -2.39. The van der Waals surface area contributed by atoms with Gasteiger partial charge in [0.1, 0.15) is 41.2 Å². The van der Waals surface area contributed by atoms with Crippen molar-refractivity contribution in [3.63, 3.8) is 0 Å². The minimum Gasteiger partial charge on any atom is -0.504 e. The molecule has 3 aromatic heterocycles. The van der Waals surface area contributed by atoms with Gasteiger partial charge in [-0.1, -0.05) is 0 Å². The van der Waals surface area contributed by atoms with Crippen molar-refractivity contribution in [2.75, 3.05) is 13.7 Å². The van der Waals surface area contributed by atoms with Crippen molar-refractivity contribution in [1.82, 2.24) is 0 Å². The Morgan fingerprint density at radius 3 is 1.49 bits per heavy atom. The summed E-state index contributed by atoms with van der Waals surface area (Å²) in [7, 11) is 1.46. The third-order valence-electron chi connectivity index (χ3n) is 7.43. The molecule has 1 aliphatic rings. The molecule has 1 fully saturated rings. The summed E-state index contributed by atoms with van der Waals surface area (Å²) in [6, 6.07) is 16.4. The average Bonchev–Trinajstić information content (AvgIpc) is 3.09. The van der Waals surface area contributed by atoms with Gasteiger partial charge in [-0.15, -0.1) is 0 Å². The number of methoxy groups -OCH3 is 1. The Labute approximate surface area is 284 Å². The van der Waals surface area contributed by atoms with Crippen LogP contribution in [-0.2, 0) is 4.74 Å². The molecule has 4 heterocycles. The van der Waals surface area contributed by atoms with Crippen molar-refractivity contribution in [2.45, 2.75) is 30.7 Å². The van der Waals surface area contributed by atoms with Crippen LogP contribution in [0.5, 0.6) is 34.5 Å². The van der Waals surface area contributed by atoms with Crippen LogP contribution < -0.4 is 26.4 Å². The number of rotatable bonds is 4. The summed E-state index contributed by atoms with van der Waals surface area (Å²) in [5.41, 5.74) is -0.774. The number of aliphatic hydroxyl groups excluding tert-OH is 4. The Kier molecular flexibility index (Phi) is 10.8. The molecule has 7 rings (SSSR count). The number of aromatic hydroxyl groups is 4. The van der Waals surface area contributed by atoms with Crippen LogP contribution in [0.4, 0.5) is 0 Å². The first-order chi connectivity index (χ1) is 24.3. The molecule has 0 amide bonds. The number of fused-ring (bicyclic) bond motifs is 3. The van der Waals surface area contributed by atoms with E-state index in [4.69, 9.17) is 42.8 Å². The normalized spacial score (nSPS) is 19.8. The van der Waals surface area contributed by atoms with E-state index in [2.05, 4.69) is 0 Å². The zero-order valence-electron chi connectivity index (χ0n) is 26.3. The third-order valence-corrected chi connectivity index (χ3v) is 7.43. The monoisotopic (exact) mass is 710 g/mol. The van der Waals surface area contributed by atoms with E-state index in [0.29, 0.717) is 27.5 Å². The van der Waals surface area contributed by atoms with E-state index in [9.17, 15) is 39.9 Å². The van der Waals surface area contributed by atoms with Crippen LogP contribution in [-0.4, -0.2) is 85.3 Å². The Morgan fingerprint density at radius 2 is 1.00 bits per heavy atom. The number of aliphatic hydroxyl groups is 4. The minimum atomic E-state index is -1.60. The van der Waals surface area contributed by atoms with Gasteiger partial charge >= 0.3 is 16.9 Å². The molecule has 268 valence electrons. The zero-order valence-corrected chi connectivity index (χ0v) is 26.3. The van der Waals surface area contributed by atoms with Crippen LogP contribution in [0.3, 0.4) is 0 Å². The quantitative estimate of drug-likeness (QED) is 0.0947. The van der Waals surface area contributed by atoms with E-state index in [1.807, 2.05) is 0 Å². The molecule has 17 nitrogen and oxygen atoms in total. The standard InChI is InChI=1S/C15H16O9.C10H8O4.C9H6O4/c16-5-10-12(19)13(20)14(21)15(24-10)23-9-3-6-1-2-11(18)22-8(6)4-7(9)17;1-13-9-4-6-2-3-10(12)14-8(6)5-7(9)11;10-6-3-5-1-2-9(12)13-8(5)4-7(6)11/h1-4,10,12-17,19-21H,5H2;2-5,11H,1H3;1-4,10-11H/t10-,12-,13+,14-,15-;;/m1../s1. The molecule has 0 saturated carbocycles. The predicted octanol–water partition coefficient (Wildman–Crippen LogP) is 1.39. The maximum atomic E-state index is 11.2. The highest BCUT2D eigenvalue weighted by Crippen LogP contribution is 2.34. The summed E-state index contributed by atoms with van der Waals surface area (Å²) >= 11 is 0. The van der Waals surface area contributed by atoms with Crippen LogP contribution in [0.2, 0.25) is 0 Å². The molecule has 0 unspecified atom stereocenters. The summed E-state index contributed by atoms with van der Waals surface area (Å²) in [6.07, 6.45) is -7.27. The molecule has 3 aromatic carbocycles. The minimum absolute atomic E-state index is 0.0469. The molecule has 0 aliphatic carbocycles. The van der Waals surface area contributed by atoms with E-state index in [1.165, 1.54) is 61.7 Å². The molecule has 0 radical (unpaired) electrons. The lowest BCUT2D eigenvalue weighted by atomic mass is 9.99. The molecule has 8 N–H and O–H groups in total. The third kappa shape index (κ3) is 8.20. The lowest BCUT2D eigenvalue weighted by molar-refractivity contribution is -0.277. The van der Waals surface area contributed by atoms with Crippen molar-refractivity contribution < 1.29 is 68.3 Å². The van der Waals surface area contributed by atoms with Gasteiger partial charge in [0.15, 0.2) is 34.5 Å². The smallest absolute Gasteiger partial charge is 0.336 e. The van der Waals surface area contributed by atoms with Crippen LogP contribution in [0.1, 0.15) is 0 Å². The summed E-state index contributed by atoms with van der Waals surface area (Å²) in [4.78, 5) is 32.8. The van der Waals surface area contributed by atoms with Crippen molar-refractivity contribution in [2.24, 2.45) is 0 Å². The van der Waals surface area contributed by atoms with E-state index in [0.717, 1.165) is 6.07 Å². The fourth-order valence-electron chi connectivity index (χ4n) is 4.81. The molecule has 1 saturated heterocycles. The van der Waals surface area contributed by atoms with Crippen molar-refractivity contribution in [3.8, 4) is 34.5 Å². The van der Waals surface area contributed by atoms with Gasteiger partial charge in [0.05, 0.1) is 13.7 Å². The van der Waals surface area contributed by atoms with Crippen molar-refractivity contribution >= 4 is 32.9 Å². The van der Waals surface area contributed by atoms with Gasteiger partial charge in [-0.2, -0.15) is 0 Å². The van der Waals surface area contributed by atoms with Crippen LogP contribution in [0.15, 0.2) is 100 Å². The summed E-state index contributed by atoms with van der Waals surface area (Å²) in [6.45, 7) is -0.598. The number of phenolic OH excluding ortho intramolecular Hbond substituents is 4. The number of phenols is 4. The molecule has 51 heavy (non-hydrogen) atoms. The first kappa shape index (κ1) is 36.2. The topological polar surface area (TPSA) is 280 Å². The molecule has 0 bridgehead atoms. The maximum Gasteiger partial charge on any atom is 0.336 e. The highest BCUT2D eigenvalue weighted by molar-refractivity contribution is 5.82. The van der Waals surface area contributed by atoms with Crippen LogP contribution in [0, 0.1) is 0 Å². The molecular weight excluding hydrogens is 680 g/mol. The number of benzene rings is 3. The average molecular weight is 711 g/mol. The Bertz CT molecular complexity index is 2340. The van der Waals surface area contributed by atoms with Gasteiger partial charge in [0.2, 0.25) is 6.29 Å². The van der Waals surface area contributed by atoms with Crippen LogP contribution >= 0.6 is 0 Å². The van der Waals surface area contributed by atoms with Gasteiger partial charge in [0, 0.05) is 52.6 Å². The lowest BCUT2D eigenvalue weighted by Crippen LogP contribution is -2.60. The van der Waals surface area contributed by atoms with Crippen molar-refractivity contribution in [1.29, 1.82) is 0 Å². The molecular formula is C34H30O17. The highest BCUT2D eigenvalue weighted by Gasteiger charge is 2.45. The molecule has 17 heteroatoms. The number of hydrogen-bond acceptors (Lipinski definition) is 17. The second-order valence-corrected chi connectivity index (χ2v) is 10.9. The van der Waals surface area contributed by atoms with Gasteiger partial charge in [-0.3, -0.25) is 0 Å². The highest BCUT2D eigenvalue weighted by atomic mass is 16.7. The fraction of sp³-hybridized carbons (Fsp3) is 0.206. The van der Waals surface area contributed by atoms with E-state index in [-0.39, 0.29) is 39.9 Å². The zero-order chi connectivity index (χ0) is 37.0. The second-order valence-electron chi connectivity index (χ2n) is 10.9. The predicted molar refractivity (Wildman–Crippen MR) is 175 cm³/mol. The molecule has 1 aliphatic heterocycles. The first-order valence-corrected chi connectivity index (χ1v) is 14.8. The van der Waals surface area contributed by atoms with Crippen LogP contribution in [0.25, 0.3) is 32.9 Å². The van der Waals surface area contributed by atoms with Gasteiger partial charge in [0.25, 0.3) is 0 Å². The van der Waals surface area contributed by atoms with Gasteiger partial charge in [-0.25, -0.2) is 14.4 Å². The molecule has 5 atom stereocenters. The van der Waals surface area contributed by atoms with Crippen molar-refractivity contribution in [3.05, 3.63) is 104 Å². The van der Waals surface area contributed by atoms with Gasteiger partial charge < -0.3 is 68.3 Å². The number of ether oxygens (including phenoxy) is 3. The van der Waals surface area contributed by atoms with E-state index in [1.54, 1.807) is 12.1 Å². The summed E-state index contributed by atoms with van der Waals surface area (Å²) in [5, 5.41) is 77.9. The Morgan fingerprint density at radius 1 is 0.569 bits per heavy atom. The number of hydrogen-bond donors (Lipinski definition) is 8. The maximum absolute atomic E-state index is 11.2. The fourth-order valence-corrected chi connectivity index (χ4v) is 4.81. The molecule has 0 spiro atoms. The second kappa shape index (κ2) is 15.2. The Balaban J connectivity index is 0.000000159. The first-order valence-electron chi connectivity index (χ1n) is 14.8. The van der Waals surface area contributed by atoms with Gasteiger partial charge in [-0.05, 0) is 36.4 Å². The SMILES string of the molecule is COc1cc2ccc(=O)oc2cc1O.O=c1ccc2cc(O)c(O)cc2o1.O=c1ccc2cc(O[C@@H]3O[C@H](CO)[C@@H](O)[C@H](O)[C@H]3O)c(O)cc2o1.